The van der Waals surface area contributed by atoms with E-state index < -0.39 is 0 Å². The van der Waals surface area contributed by atoms with E-state index in [4.69, 9.17) is 4.42 Å². The van der Waals surface area contributed by atoms with Gasteiger partial charge in [-0.2, -0.15) is 0 Å². The first-order chi connectivity index (χ1) is 16.7. The van der Waals surface area contributed by atoms with Crippen molar-refractivity contribution in [2.45, 2.75) is 23.9 Å². The quantitative estimate of drug-likeness (QED) is 0.280. The summed E-state index contributed by atoms with van der Waals surface area (Å²) in [7, 11) is 0. The van der Waals surface area contributed by atoms with E-state index in [1.807, 2.05) is 89.7 Å². The average molecular weight is 488 g/mol. The van der Waals surface area contributed by atoms with Crippen LogP contribution in [0.3, 0.4) is 0 Å². The van der Waals surface area contributed by atoms with E-state index in [9.17, 15) is 4.79 Å². The molecule has 0 saturated heterocycles. The van der Waals surface area contributed by atoms with Gasteiger partial charge in [-0.1, -0.05) is 66.4 Å². The maximum atomic E-state index is 12.6. The van der Waals surface area contributed by atoms with Crippen LogP contribution >= 0.6 is 23.1 Å². The molecule has 1 N–H and O–H groups in total. The molecule has 1 amide bonds. The monoisotopic (exact) mass is 487 g/mol. The van der Waals surface area contributed by atoms with Gasteiger partial charge in [0.1, 0.15) is 6.26 Å². The lowest BCUT2D eigenvalue weighted by Crippen LogP contribution is -2.26. The van der Waals surface area contributed by atoms with E-state index in [2.05, 4.69) is 20.5 Å². The number of nitrogens with one attached hydrogen (secondary N) is 1. The fourth-order valence-electron chi connectivity index (χ4n) is 3.44. The maximum Gasteiger partial charge on any atom is 0.273 e. The van der Waals surface area contributed by atoms with Crippen molar-refractivity contribution in [1.29, 1.82) is 0 Å². The van der Waals surface area contributed by atoms with E-state index in [0.717, 1.165) is 27.1 Å². The summed E-state index contributed by atoms with van der Waals surface area (Å²) in [4.78, 5) is 18.0. The van der Waals surface area contributed by atoms with Crippen molar-refractivity contribution >= 4 is 29.0 Å². The Morgan fingerprint density at radius 1 is 1.06 bits per heavy atom. The molecule has 0 aliphatic rings. The average Bonchev–Trinajstić information content (AvgIpc) is 3.64. The first kappa shape index (κ1) is 22.1. The minimum absolute atomic E-state index is 0.136. The summed E-state index contributed by atoms with van der Waals surface area (Å²) in [5.41, 5.74) is 2.25. The number of benzene rings is 2. The highest BCUT2D eigenvalue weighted by Crippen LogP contribution is 2.31. The van der Waals surface area contributed by atoms with Crippen molar-refractivity contribution in [3.8, 4) is 16.4 Å². The molecule has 9 heteroatoms. The van der Waals surface area contributed by atoms with Gasteiger partial charge in [-0.25, -0.2) is 4.98 Å². The molecule has 0 radical (unpaired) electrons. The molecule has 2 aromatic carbocycles. The number of carbonyl (C=O) groups is 1. The molecule has 34 heavy (non-hydrogen) atoms. The Morgan fingerprint density at radius 2 is 1.82 bits per heavy atom. The fourth-order valence-corrected chi connectivity index (χ4v) is 4.95. The third kappa shape index (κ3) is 4.80. The Kier molecular flexibility index (Phi) is 6.55. The number of oxazole rings is 1. The molecule has 0 saturated carbocycles. The van der Waals surface area contributed by atoms with E-state index in [1.54, 1.807) is 11.3 Å². The molecule has 170 valence electrons. The van der Waals surface area contributed by atoms with Crippen LogP contribution in [-0.2, 0) is 5.75 Å². The Hall–Kier alpha value is -3.69. The van der Waals surface area contributed by atoms with Gasteiger partial charge < -0.3 is 9.73 Å². The number of thioether (sulfide) groups is 1. The largest absolute Gasteiger partial charge is 0.447 e. The standard InChI is InChI=1S/C25H21N5O2S2/c1-17(18-9-4-2-5-10-18)26-24(31)20-15-32-22(27-20)16-34-25-29-28-23(21-13-8-14-33-21)30(25)19-11-6-3-7-12-19/h2-15,17H,16H2,1H3,(H,26,31). The van der Waals surface area contributed by atoms with Gasteiger partial charge in [-0.15, -0.1) is 21.5 Å². The minimum atomic E-state index is -0.274. The van der Waals surface area contributed by atoms with Crippen molar-refractivity contribution in [2.24, 2.45) is 0 Å². The summed E-state index contributed by atoms with van der Waals surface area (Å²) < 4.78 is 7.59. The lowest BCUT2D eigenvalue weighted by molar-refractivity contribution is 0.0935. The molecule has 3 aromatic heterocycles. The van der Waals surface area contributed by atoms with Crippen molar-refractivity contribution < 1.29 is 9.21 Å². The fraction of sp³-hybridized carbons (Fsp3) is 0.120. The third-order valence-electron chi connectivity index (χ3n) is 5.15. The van der Waals surface area contributed by atoms with Crippen LogP contribution in [0.25, 0.3) is 16.4 Å². The molecule has 0 spiro atoms. The maximum absolute atomic E-state index is 12.6. The lowest BCUT2D eigenvalue weighted by Gasteiger charge is -2.12. The number of hydrogen-bond donors (Lipinski definition) is 1. The van der Waals surface area contributed by atoms with Crippen LogP contribution < -0.4 is 5.32 Å². The van der Waals surface area contributed by atoms with Gasteiger partial charge in [0.25, 0.3) is 5.91 Å². The van der Waals surface area contributed by atoms with Crippen molar-refractivity contribution in [1.82, 2.24) is 25.1 Å². The summed E-state index contributed by atoms with van der Waals surface area (Å²) in [5, 5.41) is 14.5. The third-order valence-corrected chi connectivity index (χ3v) is 6.93. The second-order valence-corrected chi connectivity index (χ2v) is 9.37. The molecule has 0 bridgehead atoms. The van der Waals surface area contributed by atoms with Crippen LogP contribution in [0.5, 0.6) is 0 Å². The van der Waals surface area contributed by atoms with Gasteiger partial charge >= 0.3 is 0 Å². The minimum Gasteiger partial charge on any atom is -0.447 e. The summed E-state index contributed by atoms with van der Waals surface area (Å²) >= 11 is 3.07. The Bertz CT molecular complexity index is 1370. The van der Waals surface area contributed by atoms with Crippen LogP contribution in [0.1, 0.15) is 34.9 Å². The van der Waals surface area contributed by atoms with Crippen LogP contribution in [0.15, 0.2) is 94.0 Å². The second kappa shape index (κ2) is 10.1. The summed E-state index contributed by atoms with van der Waals surface area (Å²) in [6.07, 6.45) is 1.39. The molecule has 1 atom stereocenters. The highest BCUT2D eigenvalue weighted by atomic mass is 32.2. The number of amides is 1. The smallest absolute Gasteiger partial charge is 0.273 e. The highest BCUT2D eigenvalue weighted by molar-refractivity contribution is 7.98. The number of nitrogens with zero attached hydrogens (tertiary/aromatic N) is 4. The van der Waals surface area contributed by atoms with E-state index in [1.165, 1.54) is 18.0 Å². The molecule has 0 aliphatic heterocycles. The van der Waals surface area contributed by atoms with Crippen molar-refractivity contribution in [2.75, 3.05) is 0 Å². The van der Waals surface area contributed by atoms with Gasteiger partial charge in [0, 0.05) is 5.69 Å². The van der Waals surface area contributed by atoms with E-state index in [0.29, 0.717) is 11.6 Å². The van der Waals surface area contributed by atoms with Crippen LogP contribution in [0, 0.1) is 0 Å². The van der Waals surface area contributed by atoms with Crippen molar-refractivity contribution in [3.05, 3.63) is 102 Å². The molecule has 0 fully saturated rings. The normalized spacial score (nSPS) is 11.9. The molecule has 7 nitrogen and oxygen atoms in total. The molecular weight excluding hydrogens is 466 g/mol. The predicted molar refractivity (Wildman–Crippen MR) is 133 cm³/mol. The van der Waals surface area contributed by atoms with Crippen LogP contribution in [-0.4, -0.2) is 25.7 Å². The van der Waals surface area contributed by atoms with E-state index >= 15 is 0 Å². The summed E-state index contributed by atoms with van der Waals surface area (Å²) in [5.74, 6) is 1.37. The Morgan fingerprint density at radius 3 is 2.56 bits per heavy atom. The van der Waals surface area contributed by atoms with Crippen LogP contribution in [0.2, 0.25) is 0 Å². The first-order valence-electron chi connectivity index (χ1n) is 10.7. The number of para-hydroxylation sites is 1. The Balaban J connectivity index is 1.30. The second-order valence-electron chi connectivity index (χ2n) is 7.48. The van der Waals surface area contributed by atoms with Crippen LogP contribution in [0.4, 0.5) is 0 Å². The first-order valence-corrected chi connectivity index (χ1v) is 12.5. The number of thiophene rings is 1. The van der Waals surface area contributed by atoms with Gasteiger partial charge in [0.05, 0.1) is 16.7 Å². The molecular formula is C25H21N5O2S2. The molecule has 3 heterocycles. The molecule has 0 aliphatic carbocycles. The topological polar surface area (TPSA) is 85.8 Å². The van der Waals surface area contributed by atoms with Gasteiger partial charge in [0.15, 0.2) is 16.7 Å². The molecule has 5 rings (SSSR count). The van der Waals surface area contributed by atoms with E-state index in [-0.39, 0.29) is 17.6 Å². The molecule has 5 aromatic rings. The zero-order valence-electron chi connectivity index (χ0n) is 18.3. The predicted octanol–water partition coefficient (Wildman–Crippen LogP) is 5.77. The number of aromatic nitrogens is 4. The lowest BCUT2D eigenvalue weighted by atomic mass is 10.1. The number of rotatable bonds is 8. The Labute approximate surface area is 204 Å². The molecule has 1 unspecified atom stereocenters. The summed E-state index contributed by atoms with van der Waals surface area (Å²) in [6.45, 7) is 1.94. The zero-order chi connectivity index (χ0) is 23.3. The number of hydrogen-bond acceptors (Lipinski definition) is 7. The van der Waals surface area contributed by atoms with Gasteiger partial charge in [-0.05, 0) is 36.1 Å². The van der Waals surface area contributed by atoms with Gasteiger partial charge in [-0.3, -0.25) is 9.36 Å². The zero-order valence-corrected chi connectivity index (χ0v) is 19.9. The SMILES string of the molecule is CC(NC(=O)c1coc(CSc2nnc(-c3cccs3)n2-c2ccccc2)n1)c1ccccc1. The van der Waals surface area contributed by atoms with Gasteiger partial charge in [0.2, 0.25) is 5.89 Å². The summed E-state index contributed by atoms with van der Waals surface area (Å²) in [6, 6.07) is 23.7. The van der Waals surface area contributed by atoms with Crippen molar-refractivity contribution in [3.63, 3.8) is 0 Å². The number of carbonyl (C=O) groups excluding carboxylic acids is 1. The highest BCUT2D eigenvalue weighted by Gasteiger charge is 2.19.